The van der Waals surface area contributed by atoms with E-state index in [1.807, 2.05) is 0 Å². The van der Waals surface area contributed by atoms with Crippen molar-refractivity contribution in [2.45, 2.75) is 38.6 Å². The molecule has 5 nitrogen and oxygen atoms in total. The van der Waals surface area contributed by atoms with Crippen LogP contribution in [0.5, 0.6) is 0 Å². The first-order valence-electron chi connectivity index (χ1n) is 7.91. The minimum atomic E-state index is 0.722. The van der Waals surface area contributed by atoms with Crippen LogP contribution >= 0.6 is 0 Å². The Kier molecular flexibility index (Phi) is 4.35. The summed E-state index contributed by atoms with van der Waals surface area (Å²) in [7, 11) is 0. The van der Waals surface area contributed by atoms with Crippen LogP contribution in [0.1, 0.15) is 32.6 Å². The number of hydrogen-bond acceptors (Lipinski definition) is 5. The van der Waals surface area contributed by atoms with Crippen LogP contribution in [0.3, 0.4) is 0 Å². The second-order valence-corrected chi connectivity index (χ2v) is 5.82. The molecule has 3 rings (SSSR count). The molecule has 1 atom stereocenters. The minimum Gasteiger partial charge on any atom is -0.370 e. The molecule has 20 heavy (non-hydrogen) atoms. The first-order chi connectivity index (χ1) is 9.86. The zero-order valence-corrected chi connectivity index (χ0v) is 12.4. The van der Waals surface area contributed by atoms with Gasteiger partial charge in [-0.25, -0.2) is 9.97 Å². The van der Waals surface area contributed by atoms with Crippen molar-refractivity contribution >= 4 is 11.6 Å². The molecule has 0 amide bonds. The molecule has 1 aromatic heterocycles. The number of nitrogens with one attached hydrogen (secondary N) is 1. The molecule has 0 spiro atoms. The Morgan fingerprint density at radius 1 is 1.25 bits per heavy atom. The summed E-state index contributed by atoms with van der Waals surface area (Å²) in [6.45, 7) is 7.88. The van der Waals surface area contributed by atoms with Crippen molar-refractivity contribution in [1.29, 1.82) is 0 Å². The van der Waals surface area contributed by atoms with Crippen LogP contribution in [0.4, 0.5) is 11.6 Å². The summed E-state index contributed by atoms with van der Waals surface area (Å²) in [5.41, 5.74) is 0. The van der Waals surface area contributed by atoms with Gasteiger partial charge in [0.1, 0.15) is 18.0 Å². The lowest BCUT2D eigenvalue weighted by atomic mass is 10.2. The molecule has 3 heterocycles. The van der Waals surface area contributed by atoms with E-state index >= 15 is 0 Å². The Labute approximate surface area is 121 Å². The molecule has 1 N–H and O–H groups in total. The highest BCUT2D eigenvalue weighted by Crippen LogP contribution is 2.24. The summed E-state index contributed by atoms with van der Waals surface area (Å²) in [5.74, 6) is 2.02. The fraction of sp³-hybridized carbons (Fsp3) is 0.733. The predicted molar refractivity (Wildman–Crippen MR) is 82.2 cm³/mol. The summed E-state index contributed by atoms with van der Waals surface area (Å²) in [4.78, 5) is 13.9. The largest absolute Gasteiger partial charge is 0.370 e. The Morgan fingerprint density at radius 3 is 3.05 bits per heavy atom. The average Bonchev–Trinajstić information content (AvgIpc) is 2.82. The number of fused-ring (bicyclic) bond motifs is 1. The molecule has 0 aliphatic carbocycles. The molecule has 0 saturated carbocycles. The van der Waals surface area contributed by atoms with Gasteiger partial charge in [0.25, 0.3) is 0 Å². The van der Waals surface area contributed by atoms with E-state index in [0.717, 1.165) is 43.7 Å². The van der Waals surface area contributed by atoms with E-state index in [0.29, 0.717) is 0 Å². The molecule has 5 heteroatoms. The summed E-state index contributed by atoms with van der Waals surface area (Å²) in [6.07, 6.45) is 6.72. The maximum Gasteiger partial charge on any atom is 0.134 e. The second-order valence-electron chi connectivity index (χ2n) is 5.82. The highest BCUT2D eigenvalue weighted by molar-refractivity contribution is 5.48. The quantitative estimate of drug-likeness (QED) is 0.910. The number of anilines is 2. The first-order valence-corrected chi connectivity index (χ1v) is 7.91. The fourth-order valence-corrected chi connectivity index (χ4v) is 3.28. The van der Waals surface area contributed by atoms with Gasteiger partial charge in [-0.15, -0.1) is 0 Å². The van der Waals surface area contributed by atoms with E-state index in [1.165, 1.54) is 32.4 Å². The van der Waals surface area contributed by atoms with Gasteiger partial charge in [-0.05, 0) is 32.2 Å². The standard InChI is InChI=1S/C15H25N5/c1-2-6-16-14-10-15(18-12-17-14)20-9-4-8-19-7-3-5-13(19)11-20/h10,12-13H,2-9,11H2,1H3,(H,16,17,18). The van der Waals surface area contributed by atoms with Crippen molar-refractivity contribution < 1.29 is 0 Å². The topological polar surface area (TPSA) is 44.3 Å². The highest BCUT2D eigenvalue weighted by atomic mass is 15.3. The Balaban J connectivity index is 1.70. The van der Waals surface area contributed by atoms with Gasteiger partial charge >= 0.3 is 0 Å². The van der Waals surface area contributed by atoms with Crippen molar-refractivity contribution in [1.82, 2.24) is 14.9 Å². The number of rotatable bonds is 4. The molecule has 2 saturated heterocycles. The SMILES string of the molecule is CCCNc1cc(N2CCCN3CCCC3C2)ncn1. The molecule has 1 aromatic rings. The van der Waals surface area contributed by atoms with E-state index in [9.17, 15) is 0 Å². The Hall–Kier alpha value is -1.36. The van der Waals surface area contributed by atoms with Gasteiger partial charge in [0, 0.05) is 38.3 Å². The van der Waals surface area contributed by atoms with E-state index in [2.05, 4.69) is 38.1 Å². The van der Waals surface area contributed by atoms with Crippen molar-refractivity contribution in [2.75, 3.05) is 42.9 Å². The van der Waals surface area contributed by atoms with Gasteiger partial charge in [-0.1, -0.05) is 6.92 Å². The van der Waals surface area contributed by atoms with Crippen LogP contribution in [-0.2, 0) is 0 Å². The monoisotopic (exact) mass is 275 g/mol. The number of nitrogens with zero attached hydrogens (tertiary/aromatic N) is 4. The van der Waals surface area contributed by atoms with Gasteiger partial charge in [0.2, 0.25) is 0 Å². The summed E-state index contributed by atoms with van der Waals surface area (Å²) in [5, 5.41) is 3.35. The minimum absolute atomic E-state index is 0.722. The summed E-state index contributed by atoms with van der Waals surface area (Å²) >= 11 is 0. The zero-order chi connectivity index (χ0) is 13.8. The maximum absolute atomic E-state index is 4.48. The smallest absolute Gasteiger partial charge is 0.134 e. The van der Waals surface area contributed by atoms with E-state index in [4.69, 9.17) is 0 Å². The lowest BCUT2D eigenvalue weighted by molar-refractivity contribution is 0.273. The molecule has 2 aliphatic heterocycles. The van der Waals surface area contributed by atoms with Crippen LogP contribution < -0.4 is 10.2 Å². The number of aromatic nitrogens is 2. The first kappa shape index (κ1) is 13.6. The van der Waals surface area contributed by atoms with Crippen LogP contribution in [0.2, 0.25) is 0 Å². The molecular weight excluding hydrogens is 250 g/mol. The molecular formula is C15H25N5. The summed E-state index contributed by atoms with van der Waals surface area (Å²) in [6, 6.07) is 2.82. The van der Waals surface area contributed by atoms with E-state index < -0.39 is 0 Å². The Morgan fingerprint density at radius 2 is 2.15 bits per heavy atom. The van der Waals surface area contributed by atoms with Crippen LogP contribution in [0, 0.1) is 0 Å². The molecule has 0 aromatic carbocycles. The molecule has 2 fully saturated rings. The van der Waals surface area contributed by atoms with Gasteiger partial charge in [-0.3, -0.25) is 4.90 Å². The van der Waals surface area contributed by atoms with Gasteiger partial charge in [0.15, 0.2) is 0 Å². The number of hydrogen-bond donors (Lipinski definition) is 1. The van der Waals surface area contributed by atoms with E-state index in [1.54, 1.807) is 6.33 Å². The molecule has 0 radical (unpaired) electrons. The molecule has 2 aliphatic rings. The van der Waals surface area contributed by atoms with Gasteiger partial charge in [0.05, 0.1) is 0 Å². The second kappa shape index (κ2) is 6.39. The lowest BCUT2D eigenvalue weighted by Gasteiger charge is -2.26. The van der Waals surface area contributed by atoms with Crippen molar-refractivity contribution in [3.8, 4) is 0 Å². The van der Waals surface area contributed by atoms with Crippen molar-refractivity contribution in [2.24, 2.45) is 0 Å². The molecule has 110 valence electrons. The van der Waals surface area contributed by atoms with Crippen molar-refractivity contribution in [3.63, 3.8) is 0 Å². The third-order valence-corrected chi connectivity index (χ3v) is 4.34. The highest BCUT2D eigenvalue weighted by Gasteiger charge is 2.29. The fourth-order valence-electron chi connectivity index (χ4n) is 3.28. The predicted octanol–water partition coefficient (Wildman–Crippen LogP) is 1.97. The third-order valence-electron chi connectivity index (χ3n) is 4.34. The molecule has 0 bridgehead atoms. The average molecular weight is 275 g/mol. The van der Waals surface area contributed by atoms with E-state index in [-0.39, 0.29) is 0 Å². The maximum atomic E-state index is 4.48. The van der Waals surface area contributed by atoms with Gasteiger partial charge < -0.3 is 10.2 Å². The molecule has 1 unspecified atom stereocenters. The van der Waals surface area contributed by atoms with Crippen LogP contribution in [0.25, 0.3) is 0 Å². The lowest BCUT2D eigenvalue weighted by Crippen LogP contribution is -2.37. The Bertz CT molecular complexity index is 436. The summed E-state index contributed by atoms with van der Waals surface area (Å²) < 4.78 is 0. The third kappa shape index (κ3) is 3.03. The zero-order valence-electron chi connectivity index (χ0n) is 12.4. The van der Waals surface area contributed by atoms with Gasteiger partial charge in [-0.2, -0.15) is 0 Å². The van der Waals surface area contributed by atoms with Crippen LogP contribution in [0.15, 0.2) is 12.4 Å². The van der Waals surface area contributed by atoms with Crippen LogP contribution in [-0.4, -0.2) is 53.6 Å². The normalized spacial score (nSPS) is 23.4. The van der Waals surface area contributed by atoms with Crippen molar-refractivity contribution in [3.05, 3.63) is 12.4 Å².